The first-order chi connectivity index (χ1) is 11.3. The van der Waals surface area contributed by atoms with Crippen molar-refractivity contribution in [1.82, 2.24) is 9.47 Å². The molecule has 0 bridgehead atoms. The van der Waals surface area contributed by atoms with Crippen LogP contribution in [0.25, 0.3) is 10.2 Å². The molecule has 120 valence electrons. The summed E-state index contributed by atoms with van der Waals surface area (Å²) in [5, 5.41) is 1.52. The molecule has 0 amide bonds. The number of thiophene rings is 1. The molecule has 1 aliphatic rings. The summed E-state index contributed by atoms with van der Waals surface area (Å²) < 4.78 is 2.62. The molecule has 0 saturated heterocycles. The molecule has 3 heteroatoms. The molecule has 0 saturated carbocycles. The van der Waals surface area contributed by atoms with Gasteiger partial charge < -0.3 is 9.47 Å². The van der Waals surface area contributed by atoms with Gasteiger partial charge in [0.05, 0.1) is 0 Å². The summed E-state index contributed by atoms with van der Waals surface area (Å²) in [6.45, 7) is 5.64. The maximum atomic E-state index is 2.62. The molecule has 23 heavy (non-hydrogen) atoms. The van der Waals surface area contributed by atoms with Gasteiger partial charge >= 0.3 is 0 Å². The molecule has 2 aromatic heterocycles. The average molecular weight is 324 g/mol. The van der Waals surface area contributed by atoms with Gasteiger partial charge in [0, 0.05) is 42.0 Å². The molecular weight excluding hydrogens is 300 g/mol. The van der Waals surface area contributed by atoms with Crippen LogP contribution in [0.4, 0.5) is 0 Å². The van der Waals surface area contributed by atoms with Gasteiger partial charge in [-0.25, -0.2) is 0 Å². The molecule has 0 radical (unpaired) electrons. The predicted molar refractivity (Wildman–Crippen MR) is 99.4 cm³/mol. The molecule has 0 N–H and O–H groups in total. The van der Waals surface area contributed by atoms with Crippen LogP contribution >= 0.6 is 11.3 Å². The number of aromatic nitrogens is 1. The van der Waals surface area contributed by atoms with E-state index in [1.54, 1.807) is 11.3 Å². The average Bonchev–Trinajstić information content (AvgIpc) is 3.11. The van der Waals surface area contributed by atoms with Crippen LogP contribution < -0.4 is 0 Å². The van der Waals surface area contributed by atoms with Crippen molar-refractivity contribution in [1.29, 1.82) is 0 Å². The molecule has 0 spiro atoms. The number of nitrogens with zero attached hydrogens (tertiary/aromatic N) is 2. The number of rotatable bonds is 4. The minimum atomic E-state index is 1.10. The van der Waals surface area contributed by atoms with Gasteiger partial charge in [0.2, 0.25) is 0 Å². The summed E-state index contributed by atoms with van der Waals surface area (Å²) >= 11 is 2.00. The van der Waals surface area contributed by atoms with E-state index < -0.39 is 0 Å². The minimum absolute atomic E-state index is 1.10. The van der Waals surface area contributed by atoms with Crippen molar-refractivity contribution in [2.24, 2.45) is 0 Å². The van der Waals surface area contributed by atoms with E-state index in [1.807, 2.05) is 11.3 Å². The third-order valence-corrected chi connectivity index (χ3v) is 6.28. The Kier molecular flexibility index (Phi) is 4.00. The predicted octanol–water partition coefficient (Wildman–Crippen LogP) is 4.50. The Morgan fingerprint density at radius 2 is 2.00 bits per heavy atom. The van der Waals surface area contributed by atoms with Crippen molar-refractivity contribution < 1.29 is 0 Å². The Hall–Kier alpha value is -1.58. The van der Waals surface area contributed by atoms with Crippen LogP contribution in [0.1, 0.15) is 28.6 Å². The summed E-state index contributed by atoms with van der Waals surface area (Å²) in [7, 11) is 2.24. The smallest absolute Gasteiger partial charge is 0.103 e. The summed E-state index contributed by atoms with van der Waals surface area (Å²) in [5.41, 5.74) is 4.60. The number of hydrogen-bond acceptors (Lipinski definition) is 2. The fourth-order valence-electron chi connectivity index (χ4n) is 3.69. The maximum absolute atomic E-state index is 2.62. The number of aryl methyl sites for hydroxylation is 3. The van der Waals surface area contributed by atoms with E-state index in [0.29, 0.717) is 0 Å². The Bertz CT molecular complexity index is 813. The van der Waals surface area contributed by atoms with Crippen LogP contribution in [0.15, 0.2) is 36.4 Å². The quantitative estimate of drug-likeness (QED) is 0.686. The van der Waals surface area contributed by atoms with Crippen molar-refractivity contribution in [3.8, 4) is 0 Å². The van der Waals surface area contributed by atoms with Crippen LogP contribution in [0.3, 0.4) is 0 Å². The van der Waals surface area contributed by atoms with Crippen molar-refractivity contribution in [2.45, 2.75) is 39.3 Å². The monoisotopic (exact) mass is 324 g/mol. The van der Waals surface area contributed by atoms with Crippen molar-refractivity contribution in [3.05, 3.63) is 58.1 Å². The SMILES string of the molecule is CCc1cc2c3c(n(CCc4ccccc4)c2s1)CCN(C)C3. The van der Waals surface area contributed by atoms with Gasteiger partial charge in [0.15, 0.2) is 0 Å². The van der Waals surface area contributed by atoms with E-state index in [2.05, 4.69) is 59.8 Å². The highest BCUT2D eigenvalue weighted by Crippen LogP contribution is 2.36. The summed E-state index contributed by atoms with van der Waals surface area (Å²) in [4.78, 5) is 5.46. The molecular formula is C20H24N2S. The summed E-state index contributed by atoms with van der Waals surface area (Å²) in [6.07, 6.45) is 3.44. The van der Waals surface area contributed by atoms with Gasteiger partial charge in [-0.2, -0.15) is 0 Å². The van der Waals surface area contributed by atoms with Crippen LogP contribution in [0.5, 0.6) is 0 Å². The van der Waals surface area contributed by atoms with Gasteiger partial charge in [0.1, 0.15) is 4.83 Å². The molecule has 4 rings (SSSR count). The van der Waals surface area contributed by atoms with E-state index in [1.165, 1.54) is 33.6 Å². The lowest BCUT2D eigenvalue weighted by atomic mass is 10.1. The largest absolute Gasteiger partial charge is 0.336 e. The highest BCUT2D eigenvalue weighted by Gasteiger charge is 2.23. The second-order valence-corrected chi connectivity index (χ2v) is 7.70. The van der Waals surface area contributed by atoms with Crippen LogP contribution in [-0.4, -0.2) is 23.1 Å². The van der Waals surface area contributed by atoms with Crippen LogP contribution in [0.2, 0.25) is 0 Å². The molecule has 0 aliphatic carbocycles. The Morgan fingerprint density at radius 1 is 1.17 bits per heavy atom. The molecule has 3 heterocycles. The van der Waals surface area contributed by atoms with Crippen molar-refractivity contribution >= 4 is 21.6 Å². The third kappa shape index (κ3) is 2.73. The second-order valence-electron chi connectivity index (χ2n) is 6.59. The van der Waals surface area contributed by atoms with E-state index in [-0.39, 0.29) is 0 Å². The van der Waals surface area contributed by atoms with E-state index in [4.69, 9.17) is 0 Å². The van der Waals surface area contributed by atoms with Gasteiger partial charge in [-0.15, -0.1) is 11.3 Å². The summed E-state index contributed by atoms with van der Waals surface area (Å²) in [6, 6.07) is 13.3. The standard InChI is InChI=1S/C20H24N2S/c1-3-16-13-17-18-14-21(2)11-10-19(18)22(20(17)23-16)12-9-15-7-5-4-6-8-15/h4-8,13H,3,9-12,14H2,1-2H3. The van der Waals surface area contributed by atoms with Crippen LogP contribution in [-0.2, 0) is 32.4 Å². The Labute approximate surface area is 142 Å². The molecule has 1 aliphatic heterocycles. The molecule has 0 unspecified atom stereocenters. The number of fused-ring (bicyclic) bond motifs is 3. The molecule has 0 atom stereocenters. The number of likely N-dealkylation sites (N-methyl/N-ethyl adjacent to an activating group) is 1. The fraction of sp³-hybridized carbons (Fsp3) is 0.400. The zero-order valence-corrected chi connectivity index (χ0v) is 14.8. The molecule has 2 nitrogen and oxygen atoms in total. The first-order valence-electron chi connectivity index (χ1n) is 8.61. The maximum Gasteiger partial charge on any atom is 0.103 e. The third-order valence-electron chi connectivity index (χ3n) is 4.98. The Balaban J connectivity index is 1.73. The first kappa shape index (κ1) is 15.0. The van der Waals surface area contributed by atoms with Gasteiger partial charge in [-0.05, 0) is 37.1 Å². The lowest BCUT2D eigenvalue weighted by Gasteiger charge is -2.24. The van der Waals surface area contributed by atoms with Crippen LogP contribution in [0, 0.1) is 0 Å². The number of benzene rings is 1. The second kappa shape index (κ2) is 6.14. The highest BCUT2D eigenvalue weighted by molar-refractivity contribution is 7.18. The summed E-state index contributed by atoms with van der Waals surface area (Å²) in [5.74, 6) is 0. The van der Waals surface area contributed by atoms with Gasteiger partial charge in [-0.1, -0.05) is 37.3 Å². The molecule has 3 aromatic rings. The lowest BCUT2D eigenvalue weighted by Crippen LogP contribution is -2.27. The van der Waals surface area contributed by atoms with Gasteiger partial charge in [0.25, 0.3) is 0 Å². The van der Waals surface area contributed by atoms with E-state index in [9.17, 15) is 0 Å². The molecule has 1 aromatic carbocycles. The van der Waals surface area contributed by atoms with Crippen molar-refractivity contribution in [3.63, 3.8) is 0 Å². The Morgan fingerprint density at radius 3 is 2.78 bits per heavy atom. The minimum Gasteiger partial charge on any atom is -0.336 e. The highest BCUT2D eigenvalue weighted by atomic mass is 32.1. The normalized spacial score (nSPS) is 15.2. The zero-order valence-electron chi connectivity index (χ0n) is 14.0. The lowest BCUT2D eigenvalue weighted by molar-refractivity contribution is 0.309. The molecule has 0 fully saturated rings. The van der Waals surface area contributed by atoms with E-state index in [0.717, 1.165) is 25.9 Å². The van der Waals surface area contributed by atoms with Crippen molar-refractivity contribution in [2.75, 3.05) is 13.6 Å². The number of hydrogen-bond donors (Lipinski definition) is 0. The first-order valence-corrected chi connectivity index (χ1v) is 9.43. The van der Waals surface area contributed by atoms with Gasteiger partial charge in [-0.3, -0.25) is 0 Å². The topological polar surface area (TPSA) is 8.17 Å². The fourth-order valence-corrected chi connectivity index (χ4v) is 4.87. The zero-order chi connectivity index (χ0) is 15.8. The van der Waals surface area contributed by atoms with E-state index >= 15 is 0 Å².